The molecule has 29 heavy (non-hydrogen) atoms. The van der Waals surface area contributed by atoms with Crippen LogP contribution in [0.3, 0.4) is 0 Å². The van der Waals surface area contributed by atoms with Gasteiger partial charge in [0, 0.05) is 0 Å². The Morgan fingerprint density at radius 2 is 1.45 bits per heavy atom. The first-order valence-corrected chi connectivity index (χ1v) is 12.3. The summed E-state index contributed by atoms with van der Waals surface area (Å²) < 4.78 is 35.4. The third-order valence-corrected chi connectivity index (χ3v) is 5.75. The fraction of sp³-hybridized carbons (Fsp3) is 0.579. The molecule has 0 aromatic rings. The minimum absolute atomic E-state index is 0.0725. The van der Waals surface area contributed by atoms with E-state index in [0.29, 0.717) is 12.2 Å². The second-order valence-corrected chi connectivity index (χ2v) is 9.87. The van der Waals surface area contributed by atoms with E-state index in [1.165, 1.54) is 16.7 Å². The van der Waals surface area contributed by atoms with Gasteiger partial charge in [-0.1, -0.05) is 41.5 Å². The van der Waals surface area contributed by atoms with Crippen LogP contribution < -0.4 is 0 Å². The number of ether oxygens (including phenoxy) is 1. The summed E-state index contributed by atoms with van der Waals surface area (Å²) >= 11 is 0. The maximum Gasteiger partial charge on any atom is 0.481 e. The molecule has 0 aliphatic heterocycles. The Bertz CT molecular complexity index is 699. The normalized spacial score (nSPS) is 15.1. The molecule has 0 saturated carbocycles. The topological polar surface area (TPSA) is 123 Å². The fourth-order valence-electron chi connectivity index (χ4n) is 2.12. The Kier molecular flexibility index (Phi) is 13.8. The molecule has 8 nitrogen and oxygen atoms in total. The molecule has 10 heteroatoms. The molecular weight excluding hydrogens is 418 g/mol. The van der Waals surface area contributed by atoms with Crippen molar-refractivity contribution in [2.75, 3.05) is 19.8 Å². The largest absolute Gasteiger partial charge is 0.481 e. The molecule has 0 fully saturated rings. The highest BCUT2D eigenvalue weighted by molar-refractivity contribution is 7.60. The summed E-state index contributed by atoms with van der Waals surface area (Å²) in [5.41, 5.74) is 4.24. The van der Waals surface area contributed by atoms with Crippen molar-refractivity contribution >= 4 is 15.6 Å². The van der Waals surface area contributed by atoms with Crippen LogP contribution in [-0.4, -0.2) is 34.5 Å². The first kappa shape index (κ1) is 28.2. The van der Waals surface area contributed by atoms with E-state index in [-0.39, 0.29) is 6.61 Å². The molecule has 1 atom stereocenters. The van der Waals surface area contributed by atoms with Gasteiger partial charge in [-0.15, -0.1) is 0 Å². The first-order valence-electron chi connectivity index (χ1n) is 9.24. The number of phosphoric ester groups is 1. The molecule has 0 heterocycles. The van der Waals surface area contributed by atoms with Gasteiger partial charge < -0.3 is 19.4 Å². The van der Waals surface area contributed by atoms with Crippen molar-refractivity contribution in [3.05, 3.63) is 47.1 Å². The SMILES string of the molecule is C=C(COC/C=C(\C)CC/C=C(\C)CCC=C(C)C)COP(=O)(O)OP(=O)(O)O. The van der Waals surface area contributed by atoms with E-state index in [1.807, 2.05) is 13.0 Å². The van der Waals surface area contributed by atoms with Gasteiger partial charge >= 0.3 is 15.6 Å². The van der Waals surface area contributed by atoms with Crippen LogP contribution in [0.1, 0.15) is 53.4 Å². The molecular formula is C19H34O8P2. The van der Waals surface area contributed by atoms with Crippen molar-refractivity contribution in [1.82, 2.24) is 0 Å². The van der Waals surface area contributed by atoms with Crippen LogP contribution in [0, 0.1) is 0 Å². The second-order valence-electron chi connectivity index (χ2n) is 7.04. The van der Waals surface area contributed by atoms with Gasteiger partial charge in [-0.2, -0.15) is 4.31 Å². The summed E-state index contributed by atoms with van der Waals surface area (Å²) in [6, 6.07) is 0. The summed E-state index contributed by atoms with van der Waals surface area (Å²) in [6.45, 7) is 12.0. The van der Waals surface area contributed by atoms with Crippen LogP contribution >= 0.6 is 15.6 Å². The summed E-state index contributed by atoms with van der Waals surface area (Å²) in [4.78, 5) is 26.2. The minimum atomic E-state index is -5.12. The lowest BCUT2D eigenvalue weighted by molar-refractivity contribution is 0.160. The van der Waals surface area contributed by atoms with Gasteiger partial charge in [0.2, 0.25) is 0 Å². The number of allylic oxidation sites excluding steroid dienone is 5. The molecule has 0 bridgehead atoms. The summed E-state index contributed by atoms with van der Waals surface area (Å²) in [5, 5.41) is 0. The summed E-state index contributed by atoms with van der Waals surface area (Å²) in [5.74, 6) is 0. The van der Waals surface area contributed by atoms with Gasteiger partial charge in [-0.25, -0.2) is 9.13 Å². The van der Waals surface area contributed by atoms with Crippen LogP contribution in [-0.2, 0) is 22.7 Å². The maximum atomic E-state index is 11.3. The number of phosphoric acid groups is 2. The molecule has 0 radical (unpaired) electrons. The van der Waals surface area contributed by atoms with Crippen molar-refractivity contribution in [3.8, 4) is 0 Å². The minimum Gasteiger partial charge on any atom is -0.373 e. The number of hydrogen-bond acceptors (Lipinski definition) is 5. The Hall–Kier alpha value is -0.820. The summed E-state index contributed by atoms with van der Waals surface area (Å²) in [6.07, 6.45) is 10.5. The molecule has 168 valence electrons. The standard InChI is InChI=1S/C19H34O8P2/c1-16(2)8-6-9-17(3)10-7-11-18(4)12-13-25-14-19(5)15-26-29(23,24)27-28(20,21)22/h8,10,12H,5-7,9,11,13-15H2,1-4H3,(H,23,24)(H2,20,21,22)/b17-10+,18-12+. The van der Waals surface area contributed by atoms with E-state index in [1.54, 1.807) is 0 Å². The molecule has 0 rings (SSSR count). The van der Waals surface area contributed by atoms with Crippen LogP contribution in [0.5, 0.6) is 0 Å². The van der Waals surface area contributed by atoms with Crippen LogP contribution in [0.15, 0.2) is 47.1 Å². The van der Waals surface area contributed by atoms with Crippen molar-refractivity contribution < 1.29 is 37.4 Å². The molecule has 0 spiro atoms. The van der Waals surface area contributed by atoms with Crippen molar-refractivity contribution in [1.29, 1.82) is 0 Å². The Balaban J connectivity index is 4.05. The van der Waals surface area contributed by atoms with E-state index in [9.17, 15) is 9.13 Å². The van der Waals surface area contributed by atoms with E-state index < -0.39 is 22.3 Å². The fourth-order valence-corrected chi connectivity index (χ4v) is 3.73. The Morgan fingerprint density at radius 1 is 0.897 bits per heavy atom. The van der Waals surface area contributed by atoms with Gasteiger partial charge in [0.1, 0.15) is 0 Å². The number of rotatable bonds is 15. The smallest absolute Gasteiger partial charge is 0.373 e. The lowest BCUT2D eigenvalue weighted by Gasteiger charge is -2.13. The van der Waals surface area contributed by atoms with Crippen molar-refractivity contribution in [2.45, 2.75) is 53.4 Å². The molecule has 0 aliphatic carbocycles. The van der Waals surface area contributed by atoms with Gasteiger partial charge in [0.15, 0.2) is 0 Å². The van der Waals surface area contributed by atoms with Gasteiger partial charge in [-0.05, 0) is 59.0 Å². The maximum absolute atomic E-state index is 11.3. The van der Waals surface area contributed by atoms with E-state index >= 15 is 0 Å². The highest BCUT2D eigenvalue weighted by Crippen LogP contribution is 2.57. The highest BCUT2D eigenvalue weighted by atomic mass is 31.3. The lowest BCUT2D eigenvalue weighted by Crippen LogP contribution is -2.05. The summed E-state index contributed by atoms with van der Waals surface area (Å²) in [7, 11) is -9.98. The van der Waals surface area contributed by atoms with E-state index in [4.69, 9.17) is 19.4 Å². The predicted octanol–water partition coefficient (Wildman–Crippen LogP) is 5.20. The Morgan fingerprint density at radius 3 is 2.00 bits per heavy atom. The van der Waals surface area contributed by atoms with Gasteiger partial charge in [0.05, 0.1) is 19.8 Å². The molecule has 0 saturated heterocycles. The van der Waals surface area contributed by atoms with Crippen LogP contribution in [0.2, 0.25) is 0 Å². The van der Waals surface area contributed by atoms with Crippen molar-refractivity contribution in [2.24, 2.45) is 0 Å². The van der Waals surface area contributed by atoms with E-state index in [0.717, 1.165) is 25.7 Å². The average molecular weight is 452 g/mol. The first-order chi connectivity index (χ1) is 13.3. The highest BCUT2D eigenvalue weighted by Gasteiger charge is 2.32. The predicted molar refractivity (Wildman–Crippen MR) is 114 cm³/mol. The quantitative estimate of drug-likeness (QED) is 0.176. The molecule has 0 aliphatic rings. The van der Waals surface area contributed by atoms with Crippen LogP contribution in [0.4, 0.5) is 0 Å². The van der Waals surface area contributed by atoms with Crippen LogP contribution in [0.25, 0.3) is 0 Å². The molecule has 3 N–H and O–H groups in total. The monoisotopic (exact) mass is 452 g/mol. The zero-order valence-corrected chi connectivity index (χ0v) is 19.5. The van der Waals surface area contributed by atoms with Crippen molar-refractivity contribution in [3.63, 3.8) is 0 Å². The zero-order chi connectivity index (χ0) is 22.5. The van der Waals surface area contributed by atoms with E-state index in [2.05, 4.69) is 48.3 Å². The average Bonchev–Trinajstić information content (AvgIpc) is 2.54. The Labute approximate surface area is 173 Å². The number of hydrogen-bond donors (Lipinski definition) is 3. The zero-order valence-electron chi connectivity index (χ0n) is 17.7. The molecule has 0 aromatic heterocycles. The molecule has 0 amide bonds. The lowest BCUT2D eigenvalue weighted by atomic mass is 10.1. The van der Waals surface area contributed by atoms with Gasteiger partial charge in [-0.3, -0.25) is 4.52 Å². The third-order valence-electron chi connectivity index (χ3n) is 3.62. The molecule has 1 unspecified atom stereocenters. The second kappa shape index (κ2) is 14.2. The third kappa shape index (κ3) is 18.9. The molecule has 0 aromatic carbocycles. The van der Waals surface area contributed by atoms with Gasteiger partial charge in [0.25, 0.3) is 0 Å².